The van der Waals surface area contributed by atoms with Gasteiger partial charge in [0.2, 0.25) is 5.91 Å². The number of benzene rings is 2. The number of rotatable bonds is 9. The van der Waals surface area contributed by atoms with Crippen molar-refractivity contribution in [1.29, 1.82) is 0 Å². The number of amides is 3. The molecule has 14 nitrogen and oxygen atoms in total. The number of anilines is 1. The topological polar surface area (TPSA) is 184 Å². The van der Waals surface area contributed by atoms with Crippen LogP contribution in [0.15, 0.2) is 75.8 Å². The largest absolute Gasteiger partial charge is 0.477 e. The number of nitrogens with zero attached hydrogens (tertiary/aromatic N) is 5. The minimum atomic E-state index is -1.20. The zero-order valence-electron chi connectivity index (χ0n) is 23.2. The molecule has 1 unspecified atom stereocenters. The van der Waals surface area contributed by atoms with Crippen molar-refractivity contribution >= 4 is 64.1 Å². The van der Waals surface area contributed by atoms with Gasteiger partial charge in [-0.1, -0.05) is 35.5 Å². The van der Waals surface area contributed by atoms with Gasteiger partial charge in [0.1, 0.15) is 22.1 Å². The Bertz CT molecular complexity index is 1900. The summed E-state index contributed by atoms with van der Waals surface area (Å²) >= 11 is 2.79. The number of carbonyl (C=O) groups excluding carboxylic acids is 3. The van der Waals surface area contributed by atoms with Gasteiger partial charge in [-0.25, -0.2) is 23.6 Å². The molecule has 0 saturated carbocycles. The van der Waals surface area contributed by atoms with E-state index in [0.29, 0.717) is 45.9 Å². The van der Waals surface area contributed by atoms with E-state index in [9.17, 15) is 29.1 Å². The van der Waals surface area contributed by atoms with Gasteiger partial charge in [0, 0.05) is 23.7 Å². The van der Waals surface area contributed by atoms with Gasteiger partial charge in [0.25, 0.3) is 5.91 Å². The van der Waals surface area contributed by atoms with Gasteiger partial charge in [0.15, 0.2) is 0 Å². The van der Waals surface area contributed by atoms with Gasteiger partial charge < -0.3 is 20.7 Å². The zero-order valence-corrected chi connectivity index (χ0v) is 24.9. The summed E-state index contributed by atoms with van der Waals surface area (Å²) in [7, 11) is 0. The molecule has 0 bridgehead atoms. The standard InChI is InChI=1S/C28H26N8O6S2/c1-2-34-21(12-29-33-34)43-13-16-14-44-25-22(24(38)36(25)23(16)26(39)40)32-20(37)11-15-7-3-4-8-17(15)30-27(41)35-19-10-6-5-9-18(19)31-28(35)42/h3-10,12,22,25H,2,11,13-14H2,1H3,(H,30,41)(H,31,42)(H,32,37)(H,39,40)/t22?,25-/m1/s1. The van der Waals surface area contributed by atoms with Crippen LogP contribution >= 0.6 is 23.5 Å². The summed E-state index contributed by atoms with van der Waals surface area (Å²) in [6.45, 7) is 2.55. The molecule has 0 aliphatic carbocycles. The average molecular weight is 635 g/mol. The summed E-state index contributed by atoms with van der Waals surface area (Å²) in [4.78, 5) is 67.8. The smallest absolute Gasteiger partial charge is 0.352 e. The number of carboxylic acid groups (broad SMARTS) is 1. The first-order chi connectivity index (χ1) is 21.3. The molecule has 4 aromatic rings. The number of aromatic amines is 1. The second-order valence-electron chi connectivity index (χ2n) is 9.94. The molecule has 1 saturated heterocycles. The lowest BCUT2D eigenvalue weighted by molar-refractivity contribution is -0.150. The summed E-state index contributed by atoms with van der Waals surface area (Å²) in [6, 6.07) is 11.8. The second kappa shape index (κ2) is 12.0. The van der Waals surface area contributed by atoms with E-state index in [0.717, 1.165) is 9.59 Å². The lowest BCUT2D eigenvalue weighted by Crippen LogP contribution is -2.70. The first-order valence-corrected chi connectivity index (χ1v) is 15.6. The maximum Gasteiger partial charge on any atom is 0.352 e. The van der Waals surface area contributed by atoms with E-state index < -0.39 is 40.9 Å². The Labute approximate surface area is 257 Å². The van der Waals surface area contributed by atoms with Crippen LogP contribution in [0.2, 0.25) is 0 Å². The van der Waals surface area contributed by atoms with Crippen molar-refractivity contribution in [2.24, 2.45) is 0 Å². The van der Waals surface area contributed by atoms with Crippen molar-refractivity contribution in [3.8, 4) is 0 Å². The van der Waals surface area contributed by atoms with E-state index in [-0.39, 0.29) is 12.1 Å². The third-order valence-corrected chi connectivity index (χ3v) is 9.69. The van der Waals surface area contributed by atoms with Crippen LogP contribution in [-0.2, 0) is 27.3 Å². The van der Waals surface area contributed by atoms with E-state index >= 15 is 0 Å². The Morgan fingerprint density at radius 3 is 2.70 bits per heavy atom. The van der Waals surface area contributed by atoms with Crippen LogP contribution in [0, 0.1) is 0 Å². The molecule has 2 aliphatic rings. The van der Waals surface area contributed by atoms with E-state index in [4.69, 9.17) is 0 Å². The molecular weight excluding hydrogens is 608 g/mol. The number of hydrogen-bond donors (Lipinski definition) is 4. The monoisotopic (exact) mass is 634 g/mol. The lowest BCUT2D eigenvalue weighted by Gasteiger charge is -2.49. The summed E-state index contributed by atoms with van der Waals surface area (Å²) < 4.78 is 2.68. The number of carbonyl (C=O) groups is 4. The number of aliphatic carboxylic acids is 1. The van der Waals surface area contributed by atoms with Crippen LogP contribution in [0.3, 0.4) is 0 Å². The number of imidazole rings is 1. The molecule has 4 heterocycles. The maximum atomic E-state index is 13.1. The fraction of sp³-hybridized carbons (Fsp3) is 0.250. The number of H-pyrrole nitrogens is 1. The SMILES string of the molecule is CCn1nncc1SCC1=C(C(=O)O)N2C(=O)C(NC(=O)Cc3ccccc3NC(=O)n3c(=O)[nH]c4ccccc43)[C@H]2SC1. The van der Waals surface area contributed by atoms with Crippen LogP contribution in [0.25, 0.3) is 11.0 Å². The van der Waals surface area contributed by atoms with Gasteiger partial charge in [-0.15, -0.1) is 28.6 Å². The van der Waals surface area contributed by atoms with Crippen molar-refractivity contribution in [1.82, 2.24) is 34.8 Å². The number of para-hydroxylation sites is 3. The quantitative estimate of drug-likeness (QED) is 0.157. The van der Waals surface area contributed by atoms with E-state index in [1.807, 2.05) is 6.92 Å². The van der Waals surface area contributed by atoms with E-state index in [2.05, 4.69) is 25.9 Å². The molecule has 16 heteroatoms. The van der Waals surface area contributed by atoms with Crippen LogP contribution < -0.4 is 16.3 Å². The number of carboxylic acids is 1. The normalized spacial score (nSPS) is 17.8. The summed E-state index contributed by atoms with van der Waals surface area (Å²) in [5, 5.41) is 23.5. The summed E-state index contributed by atoms with van der Waals surface area (Å²) in [5.41, 5.74) is 1.65. The van der Waals surface area contributed by atoms with Crippen molar-refractivity contribution in [3.05, 3.63) is 82.0 Å². The van der Waals surface area contributed by atoms with E-state index in [1.165, 1.54) is 28.4 Å². The summed E-state index contributed by atoms with van der Waals surface area (Å²) in [5.74, 6) is -1.45. The Balaban J connectivity index is 1.12. The third-order valence-electron chi connectivity index (χ3n) is 7.25. The molecule has 0 spiro atoms. The second-order valence-corrected chi connectivity index (χ2v) is 12.0. The zero-order chi connectivity index (χ0) is 31.0. The molecule has 6 rings (SSSR count). The van der Waals surface area contributed by atoms with Crippen LogP contribution in [-0.4, -0.2) is 81.3 Å². The number of aryl methyl sites for hydroxylation is 1. The number of fused-ring (bicyclic) bond motifs is 2. The average Bonchev–Trinajstić information content (AvgIpc) is 3.61. The molecule has 2 aromatic carbocycles. The molecule has 2 atom stereocenters. The molecule has 2 aromatic heterocycles. The molecule has 1 fully saturated rings. The van der Waals surface area contributed by atoms with Crippen LogP contribution in [0.1, 0.15) is 12.5 Å². The predicted octanol–water partition coefficient (Wildman–Crippen LogP) is 2.09. The highest BCUT2D eigenvalue weighted by molar-refractivity contribution is 8.01. The minimum absolute atomic E-state index is 0.0622. The number of thioether (sulfide) groups is 2. The Kier molecular flexibility index (Phi) is 8.01. The number of aromatic nitrogens is 5. The number of β-lactam (4-membered cyclic amide) rings is 1. The lowest BCUT2D eigenvalue weighted by atomic mass is 10.0. The highest BCUT2D eigenvalue weighted by Crippen LogP contribution is 2.41. The maximum absolute atomic E-state index is 13.1. The minimum Gasteiger partial charge on any atom is -0.477 e. The van der Waals surface area contributed by atoms with E-state index in [1.54, 1.807) is 59.4 Å². The fourth-order valence-electron chi connectivity index (χ4n) is 5.16. The van der Waals surface area contributed by atoms with Crippen molar-refractivity contribution in [3.63, 3.8) is 0 Å². The highest BCUT2D eigenvalue weighted by atomic mass is 32.2. The molecule has 0 radical (unpaired) electrons. The fourth-order valence-corrected chi connectivity index (χ4v) is 7.63. The van der Waals surface area contributed by atoms with Crippen molar-refractivity contribution < 1.29 is 24.3 Å². The Morgan fingerprint density at radius 1 is 1.14 bits per heavy atom. The first kappa shape index (κ1) is 29.3. The summed E-state index contributed by atoms with van der Waals surface area (Å²) in [6.07, 6.45) is 1.45. The third kappa shape index (κ3) is 5.37. The molecule has 4 N–H and O–H groups in total. The first-order valence-electron chi connectivity index (χ1n) is 13.6. The van der Waals surface area contributed by atoms with Crippen molar-refractivity contribution in [2.75, 3.05) is 16.8 Å². The van der Waals surface area contributed by atoms with Gasteiger partial charge in [-0.3, -0.25) is 14.5 Å². The molecular formula is C28H26N8O6S2. The molecule has 3 amide bonds. The number of nitrogens with one attached hydrogen (secondary N) is 3. The molecule has 44 heavy (non-hydrogen) atoms. The van der Waals surface area contributed by atoms with Crippen molar-refractivity contribution in [2.45, 2.75) is 36.3 Å². The van der Waals surface area contributed by atoms with Gasteiger partial charge in [-0.2, -0.15) is 0 Å². The Morgan fingerprint density at radius 2 is 1.91 bits per heavy atom. The van der Waals surface area contributed by atoms with Gasteiger partial charge >= 0.3 is 17.7 Å². The van der Waals surface area contributed by atoms with Crippen LogP contribution in [0.5, 0.6) is 0 Å². The predicted molar refractivity (Wildman–Crippen MR) is 163 cm³/mol. The van der Waals surface area contributed by atoms with Gasteiger partial charge in [0.05, 0.1) is 23.7 Å². The highest BCUT2D eigenvalue weighted by Gasteiger charge is 2.54. The molecule has 226 valence electrons. The molecule has 2 aliphatic heterocycles. The van der Waals surface area contributed by atoms with Gasteiger partial charge in [-0.05, 0) is 36.3 Å². The Hall–Kier alpha value is -4.83. The number of hydrogen-bond acceptors (Lipinski definition) is 9. The van der Waals surface area contributed by atoms with Crippen LogP contribution in [0.4, 0.5) is 10.5 Å².